The minimum atomic E-state index is -1.06. The van der Waals surface area contributed by atoms with Crippen LogP contribution in [0, 0.1) is 5.82 Å². The van der Waals surface area contributed by atoms with E-state index in [-0.39, 0.29) is 0 Å². The number of hydrogen-bond acceptors (Lipinski definition) is 1. The molecule has 0 aromatic heterocycles. The van der Waals surface area contributed by atoms with E-state index in [0.717, 1.165) is 6.08 Å². The van der Waals surface area contributed by atoms with E-state index in [1.54, 1.807) is 0 Å². The molecule has 0 amide bonds. The molecule has 0 aliphatic heterocycles. The molecule has 0 atom stereocenters. The summed E-state index contributed by atoms with van der Waals surface area (Å²) in [5.41, 5.74) is 0.502. The second-order valence-corrected chi connectivity index (χ2v) is 3.19. The molecule has 0 radical (unpaired) electrons. The molecule has 13 heavy (non-hydrogen) atoms. The van der Waals surface area contributed by atoms with Crippen LogP contribution in [0.25, 0.3) is 6.08 Å². The van der Waals surface area contributed by atoms with Gasteiger partial charge in [0.05, 0.1) is 0 Å². The molecular formula is C9H6BrFO2. The molecule has 0 saturated carbocycles. The Labute approximate surface area is 82.8 Å². The summed E-state index contributed by atoms with van der Waals surface area (Å²) in [5.74, 6) is -1.45. The number of aliphatic carboxylic acids is 1. The lowest BCUT2D eigenvalue weighted by Crippen LogP contribution is -1.86. The molecule has 2 nitrogen and oxygen atoms in total. The molecule has 0 aliphatic rings. The maximum Gasteiger partial charge on any atom is 0.328 e. The fourth-order valence-corrected chi connectivity index (χ4v) is 1.18. The van der Waals surface area contributed by atoms with Crippen LogP contribution in [0.1, 0.15) is 5.56 Å². The maximum atomic E-state index is 12.7. The molecule has 1 rings (SSSR count). The third kappa shape index (κ3) is 2.99. The van der Waals surface area contributed by atoms with Crippen molar-refractivity contribution < 1.29 is 14.3 Å². The Bertz CT molecular complexity index is 361. The van der Waals surface area contributed by atoms with Crippen molar-refractivity contribution in [3.05, 3.63) is 40.1 Å². The second-order valence-electron chi connectivity index (χ2n) is 2.34. The Morgan fingerprint density at radius 2 is 2.23 bits per heavy atom. The average molecular weight is 245 g/mol. The number of carboxylic acid groups (broad SMARTS) is 1. The molecule has 1 aromatic carbocycles. The van der Waals surface area contributed by atoms with Crippen molar-refractivity contribution in [3.63, 3.8) is 0 Å². The normalized spacial score (nSPS) is 10.6. The van der Waals surface area contributed by atoms with E-state index in [4.69, 9.17) is 5.11 Å². The lowest BCUT2D eigenvalue weighted by Gasteiger charge is -1.96. The third-order valence-electron chi connectivity index (χ3n) is 1.36. The summed E-state index contributed by atoms with van der Waals surface area (Å²) in [6.07, 6.45) is 2.29. The molecule has 0 bridgehead atoms. The van der Waals surface area contributed by atoms with Crippen LogP contribution in [0.3, 0.4) is 0 Å². The van der Waals surface area contributed by atoms with Crippen LogP contribution in [0.15, 0.2) is 28.7 Å². The number of halogens is 2. The first-order valence-electron chi connectivity index (χ1n) is 3.45. The fraction of sp³-hybridized carbons (Fsp3) is 0. The summed E-state index contributed by atoms with van der Waals surface area (Å²) in [4.78, 5) is 10.2. The van der Waals surface area contributed by atoms with Crippen LogP contribution >= 0.6 is 15.9 Å². The molecule has 1 N–H and O–H groups in total. The summed E-state index contributed by atoms with van der Waals surface area (Å²) in [7, 11) is 0. The zero-order valence-electron chi connectivity index (χ0n) is 6.50. The number of hydrogen-bond donors (Lipinski definition) is 1. The summed E-state index contributed by atoms with van der Waals surface area (Å²) < 4.78 is 13.3. The van der Waals surface area contributed by atoms with Gasteiger partial charge in [-0.1, -0.05) is 15.9 Å². The number of carboxylic acids is 1. The monoisotopic (exact) mass is 244 g/mol. The Hall–Kier alpha value is -1.16. The van der Waals surface area contributed by atoms with Crippen molar-refractivity contribution in [1.82, 2.24) is 0 Å². The highest BCUT2D eigenvalue weighted by molar-refractivity contribution is 9.10. The van der Waals surface area contributed by atoms with Crippen molar-refractivity contribution in [2.45, 2.75) is 0 Å². The number of rotatable bonds is 2. The van der Waals surface area contributed by atoms with Gasteiger partial charge in [0, 0.05) is 10.5 Å². The molecule has 68 valence electrons. The van der Waals surface area contributed by atoms with E-state index in [1.807, 2.05) is 0 Å². The summed E-state index contributed by atoms with van der Waals surface area (Å²) in [6, 6.07) is 4.07. The zero-order valence-corrected chi connectivity index (χ0v) is 8.08. The van der Waals surface area contributed by atoms with Gasteiger partial charge in [-0.2, -0.15) is 0 Å². The Morgan fingerprint density at radius 3 is 2.85 bits per heavy atom. The number of carbonyl (C=O) groups is 1. The van der Waals surface area contributed by atoms with Gasteiger partial charge >= 0.3 is 5.97 Å². The van der Waals surface area contributed by atoms with Crippen molar-refractivity contribution in [2.75, 3.05) is 0 Å². The molecule has 0 heterocycles. The van der Waals surface area contributed by atoms with Gasteiger partial charge in [0.15, 0.2) is 0 Å². The summed E-state index contributed by atoms with van der Waals surface area (Å²) >= 11 is 3.17. The average Bonchev–Trinajstić information content (AvgIpc) is 2.06. The van der Waals surface area contributed by atoms with E-state index in [9.17, 15) is 9.18 Å². The Morgan fingerprint density at radius 1 is 1.54 bits per heavy atom. The SMILES string of the molecule is O=C(O)C=Cc1cc(F)ccc1Br. The van der Waals surface area contributed by atoms with Crippen LogP contribution in [-0.2, 0) is 4.79 Å². The lowest BCUT2D eigenvalue weighted by molar-refractivity contribution is -0.131. The van der Waals surface area contributed by atoms with E-state index in [1.165, 1.54) is 24.3 Å². The van der Waals surface area contributed by atoms with Crippen molar-refractivity contribution in [2.24, 2.45) is 0 Å². The van der Waals surface area contributed by atoms with Gasteiger partial charge < -0.3 is 5.11 Å². The van der Waals surface area contributed by atoms with Crippen LogP contribution in [0.5, 0.6) is 0 Å². The first kappa shape index (κ1) is 9.92. The smallest absolute Gasteiger partial charge is 0.328 e. The fourth-order valence-electron chi connectivity index (χ4n) is 0.803. The Balaban J connectivity index is 3.00. The summed E-state index contributed by atoms with van der Waals surface area (Å²) in [6.45, 7) is 0. The predicted molar refractivity (Wildman–Crippen MR) is 50.8 cm³/mol. The zero-order chi connectivity index (χ0) is 9.84. The molecule has 0 aliphatic carbocycles. The molecular weight excluding hydrogens is 239 g/mol. The number of benzene rings is 1. The quantitative estimate of drug-likeness (QED) is 0.813. The highest BCUT2D eigenvalue weighted by atomic mass is 79.9. The maximum absolute atomic E-state index is 12.7. The van der Waals surface area contributed by atoms with Crippen LogP contribution in [0.2, 0.25) is 0 Å². The van der Waals surface area contributed by atoms with Crippen molar-refractivity contribution >= 4 is 28.0 Å². The minimum absolute atomic E-state index is 0.395. The van der Waals surface area contributed by atoms with Gasteiger partial charge in [-0.25, -0.2) is 9.18 Å². The molecule has 0 saturated heterocycles. The second kappa shape index (κ2) is 4.18. The third-order valence-corrected chi connectivity index (χ3v) is 2.09. The lowest BCUT2D eigenvalue weighted by atomic mass is 10.2. The predicted octanol–water partition coefficient (Wildman–Crippen LogP) is 2.69. The van der Waals surface area contributed by atoms with Gasteiger partial charge in [-0.15, -0.1) is 0 Å². The molecule has 4 heteroatoms. The van der Waals surface area contributed by atoms with E-state index < -0.39 is 11.8 Å². The van der Waals surface area contributed by atoms with E-state index in [2.05, 4.69) is 15.9 Å². The van der Waals surface area contributed by atoms with Gasteiger partial charge in [0.1, 0.15) is 5.82 Å². The summed E-state index contributed by atoms with van der Waals surface area (Å²) in [5, 5.41) is 8.34. The van der Waals surface area contributed by atoms with E-state index in [0.29, 0.717) is 10.0 Å². The van der Waals surface area contributed by atoms with E-state index >= 15 is 0 Å². The highest BCUT2D eigenvalue weighted by Gasteiger charge is 1.98. The minimum Gasteiger partial charge on any atom is -0.478 e. The van der Waals surface area contributed by atoms with Gasteiger partial charge in [-0.05, 0) is 29.8 Å². The molecule has 1 aromatic rings. The molecule has 0 spiro atoms. The van der Waals surface area contributed by atoms with Crippen LogP contribution in [-0.4, -0.2) is 11.1 Å². The standard InChI is InChI=1S/C9H6BrFO2/c10-8-3-2-7(11)5-6(8)1-4-9(12)13/h1-5H,(H,12,13). The van der Waals surface area contributed by atoms with Crippen molar-refractivity contribution in [1.29, 1.82) is 0 Å². The topological polar surface area (TPSA) is 37.3 Å². The molecule has 0 fully saturated rings. The highest BCUT2D eigenvalue weighted by Crippen LogP contribution is 2.18. The van der Waals surface area contributed by atoms with Gasteiger partial charge in [-0.3, -0.25) is 0 Å². The van der Waals surface area contributed by atoms with Crippen LogP contribution in [0.4, 0.5) is 4.39 Å². The first-order valence-corrected chi connectivity index (χ1v) is 4.25. The van der Waals surface area contributed by atoms with Gasteiger partial charge in [0.25, 0.3) is 0 Å². The van der Waals surface area contributed by atoms with Gasteiger partial charge in [0.2, 0.25) is 0 Å². The largest absolute Gasteiger partial charge is 0.478 e. The molecule has 0 unspecified atom stereocenters. The van der Waals surface area contributed by atoms with Crippen molar-refractivity contribution in [3.8, 4) is 0 Å². The van der Waals surface area contributed by atoms with Crippen LogP contribution < -0.4 is 0 Å². The Kier molecular flexibility index (Phi) is 3.19. The first-order chi connectivity index (χ1) is 6.09.